The summed E-state index contributed by atoms with van der Waals surface area (Å²) >= 11 is 3.36. The van der Waals surface area contributed by atoms with E-state index in [-0.39, 0.29) is 12.8 Å². The van der Waals surface area contributed by atoms with E-state index in [0.29, 0.717) is 0 Å². The Hall–Kier alpha value is -0.190. The molecule has 82 valence electrons. The van der Waals surface area contributed by atoms with Crippen molar-refractivity contribution in [3.05, 3.63) is 33.8 Å². The van der Waals surface area contributed by atoms with Crippen LogP contribution in [0.2, 0.25) is 0 Å². The van der Waals surface area contributed by atoms with E-state index < -0.39 is 12.9 Å². The third kappa shape index (κ3) is 1.79. The fourth-order valence-electron chi connectivity index (χ4n) is 1.87. The molecule has 0 spiro atoms. The summed E-state index contributed by atoms with van der Waals surface area (Å²) < 4.78 is 12.2. The minimum absolute atomic E-state index is 0.216. The molecule has 15 heavy (non-hydrogen) atoms. The Morgan fingerprint density at radius 1 is 1.40 bits per heavy atom. The highest BCUT2D eigenvalue weighted by Crippen LogP contribution is 2.54. The van der Waals surface area contributed by atoms with Crippen LogP contribution in [0.3, 0.4) is 0 Å². The van der Waals surface area contributed by atoms with Gasteiger partial charge in [0, 0.05) is 17.3 Å². The summed E-state index contributed by atoms with van der Waals surface area (Å²) in [5.74, 6) is 0. The number of nitrogens with two attached hydrogens (primary N) is 1. The fraction of sp³-hybridized carbons (Fsp3) is 0.333. The summed E-state index contributed by atoms with van der Waals surface area (Å²) in [4.78, 5) is 18.4. The number of hydrogen-bond acceptors (Lipinski definition) is 2. The Bertz CT molecular complexity index is 459. The second-order valence-electron chi connectivity index (χ2n) is 3.88. The van der Waals surface area contributed by atoms with Crippen molar-refractivity contribution < 1.29 is 14.4 Å². The summed E-state index contributed by atoms with van der Waals surface area (Å²) in [7, 11) is -4.27. The molecule has 0 unspecified atom stereocenters. The largest absolute Gasteiger partial charge is 0.345 e. The predicted molar refractivity (Wildman–Crippen MR) is 60.5 cm³/mol. The number of fused-ring (bicyclic) bond motifs is 1. The number of benzene rings is 1. The second kappa shape index (κ2) is 3.40. The molecule has 0 aromatic heterocycles. The quantitative estimate of drug-likeness (QED) is 0.683. The smallest absolute Gasteiger partial charge is 0.323 e. The topological polar surface area (TPSA) is 83.6 Å². The maximum absolute atomic E-state index is 11.3. The van der Waals surface area contributed by atoms with Crippen LogP contribution in [0.15, 0.2) is 22.7 Å². The Labute approximate surface area is 95.8 Å². The van der Waals surface area contributed by atoms with Gasteiger partial charge in [0.1, 0.15) is 5.28 Å². The summed E-state index contributed by atoms with van der Waals surface area (Å²) in [6, 6.07) is 5.54. The van der Waals surface area contributed by atoms with Gasteiger partial charge in [-0.15, -0.1) is 0 Å². The van der Waals surface area contributed by atoms with Gasteiger partial charge >= 0.3 is 7.60 Å². The van der Waals surface area contributed by atoms with Gasteiger partial charge in [-0.05, 0) is 17.2 Å². The van der Waals surface area contributed by atoms with Gasteiger partial charge in [0.2, 0.25) is 0 Å². The first kappa shape index (κ1) is 11.3. The maximum Gasteiger partial charge on any atom is 0.345 e. The first-order valence-electron chi connectivity index (χ1n) is 4.44. The Morgan fingerprint density at radius 2 is 2.07 bits per heavy atom. The van der Waals surface area contributed by atoms with E-state index >= 15 is 0 Å². The van der Waals surface area contributed by atoms with Crippen molar-refractivity contribution >= 4 is 23.5 Å². The van der Waals surface area contributed by atoms with Crippen LogP contribution < -0.4 is 5.73 Å². The molecular weight excluding hydrogens is 281 g/mol. The molecule has 0 aliphatic heterocycles. The summed E-state index contributed by atoms with van der Waals surface area (Å²) in [6.07, 6.45) is 0.445. The van der Waals surface area contributed by atoms with Gasteiger partial charge in [-0.1, -0.05) is 28.1 Å². The van der Waals surface area contributed by atoms with Crippen molar-refractivity contribution in [3.8, 4) is 0 Å². The van der Waals surface area contributed by atoms with Crippen LogP contribution in [0, 0.1) is 0 Å². The SMILES string of the molecule is N[C@]1(P(=O)(O)O)Cc2cccc(Br)c2C1. The number of halogens is 1. The highest BCUT2D eigenvalue weighted by atomic mass is 79.9. The highest BCUT2D eigenvalue weighted by molar-refractivity contribution is 9.10. The minimum Gasteiger partial charge on any atom is -0.323 e. The molecule has 0 saturated heterocycles. The van der Waals surface area contributed by atoms with Crippen LogP contribution >= 0.6 is 23.5 Å². The highest BCUT2D eigenvalue weighted by Gasteiger charge is 2.48. The normalized spacial score (nSPS) is 25.3. The van der Waals surface area contributed by atoms with Crippen molar-refractivity contribution in [3.63, 3.8) is 0 Å². The van der Waals surface area contributed by atoms with E-state index in [1.54, 1.807) is 0 Å². The fourth-order valence-corrected chi connectivity index (χ4v) is 3.16. The molecule has 2 rings (SSSR count). The van der Waals surface area contributed by atoms with Crippen LogP contribution in [0.25, 0.3) is 0 Å². The third-order valence-corrected chi connectivity index (χ3v) is 4.99. The van der Waals surface area contributed by atoms with Crippen LogP contribution in [0.4, 0.5) is 0 Å². The van der Waals surface area contributed by atoms with Crippen molar-refractivity contribution in [1.82, 2.24) is 0 Å². The summed E-state index contributed by atoms with van der Waals surface area (Å²) in [5.41, 5.74) is 7.59. The summed E-state index contributed by atoms with van der Waals surface area (Å²) in [5, 5.41) is -1.43. The van der Waals surface area contributed by atoms with Gasteiger partial charge in [0.25, 0.3) is 0 Å². The van der Waals surface area contributed by atoms with Gasteiger partial charge in [0.05, 0.1) is 0 Å². The van der Waals surface area contributed by atoms with E-state index in [2.05, 4.69) is 15.9 Å². The van der Waals surface area contributed by atoms with Crippen molar-refractivity contribution in [2.24, 2.45) is 5.73 Å². The zero-order chi connectivity index (χ0) is 11.3. The molecular formula is C9H11BrNO3P. The predicted octanol–water partition coefficient (Wildman–Crippen LogP) is 1.38. The molecule has 0 heterocycles. The molecule has 1 aliphatic carbocycles. The summed E-state index contributed by atoms with van der Waals surface area (Å²) in [6.45, 7) is 0. The molecule has 1 aromatic rings. The zero-order valence-corrected chi connectivity index (χ0v) is 10.3. The van der Waals surface area contributed by atoms with Crippen LogP contribution in [0.1, 0.15) is 11.1 Å². The van der Waals surface area contributed by atoms with Gasteiger partial charge in [-0.2, -0.15) is 0 Å². The van der Waals surface area contributed by atoms with Crippen LogP contribution in [-0.4, -0.2) is 15.1 Å². The van der Waals surface area contributed by atoms with E-state index in [4.69, 9.17) is 5.73 Å². The lowest BCUT2D eigenvalue weighted by Gasteiger charge is -2.24. The molecule has 1 aliphatic rings. The molecule has 6 heteroatoms. The molecule has 4 nitrogen and oxygen atoms in total. The van der Waals surface area contributed by atoms with E-state index in [9.17, 15) is 14.4 Å². The Balaban J connectivity index is 2.46. The average Bonchev–Trinajstić information content (AvgIpc) is 2.43. The minimum atomic E-state index is -4.27. The monoisotopic (exact) mass is 291 g/mol. The molecule has 0 bridgehead atoms. The maximum atomic E-state index is 11.3. The lowest BCUT2D eigenvalue weighted by atomic mass is 10.1. The first-order valence-corrected chi connectivity index (χ1v) is 6.85. The van der Waals surface area contributed by atoms with Gasteiger partial charge in [-0.3, -0.25) is 4.57 Å². The van der Waals surface area contributed by atoms with Gasteiger partial charge in [-0.25, -0.2) is 0 Å². The lowest BCUT2D eigenvalue weighted by Crippen LogP contribution is -2.40. The van der Waals surface area contributed by atoms with E-state index in [1.807, 2.05) is 18.2 Å². The molecule has 1 atom stereocenters. The van der Waals surface area contributed by atoms with Gasteiger partial charge < -0.3 is 15.5 Å². The van der Waals surface area contributed by atoms with Gasteiger partial charge in [0.15, 0.2) is 0 Å². The zero-order valence-electron chi connectivity index (χ0n) is 7.85. The first-order chi connectivity index (χ1) is 6.83. The molecule has 0 radical (unpaired) electrons. The molecule has 4 N–H and O–H groups in total. The standard InChI is InChI=1S/C9H11BrNO3P/c10-8-3-1-2-6-4-9(11,5-7(6)8)15(12,13)14/h1-3H,4-5,11H2,(H2,12,13,14)/t9-/m0/s1. The molecule has 0 fully saturated rings. The van der Waals surface area contributed by atoms with Crippen molar-refractivity contribution in [2.75, 3.05) is 0 Å². The molecule has 1 aromatic carbocycles. The van der Waals surface area contributed by atoms with E-state index in [0.717, 1.165) is 15.6 Å². The van der Waals surface area contributed by atoms with Crippen molar-refractivity contribution in [2.45, 2.75) is 18.1 Å². The molecule has 0 amide bonds. The Kier molecular flexibility index (Phi) is 2.56. The lowest BCUT2D eigenvalue weighted by molar-refractivity contribution is 0.327. The van der Waals surface area contributed by atoms with Crippen LogP contribution in [-0.2, 0) is 17.4 Å². The number of rotatable bonds is 1. The second-order valence-corrected chi connectivity index (χ2v) is 6.71. The number of hydrogen-bond donors (Lipinski definition) is 3. The average molecular weight is 292 g/mol. The third-order valence-electron chi connectivity index (χ3n) is 2.78. The Morgan fingerprint density at radius 3 is 2.60 bits per heavy atom. The van der Waals surface area contributed by atoms with Crippen LogP contribution in [0.5, 0.6) is 0 Å². The molecule has 0 saturated carbocycles. The van der Waals surface area contributed by atoms with E-state index in [1.165, 1.54) is 0 Å². The van der Waals surface area contributed by atoms with Crippen molar-refractivity contribution in [1.29, 1.82) is 0 Å².